The summed E-state index contributed by atoms with van der Waals surface area (Å²) in [6.07, 6.45) is 1.42. The number of methoxy groups -OCH3 is 1. The van der Waals surface area contributed by atoms with Crippen LogP contribution in [-0.2, 0) is 0 Å². The Balaban J connectivity index is 1.95. The van der Waals surface area contributed by atoms with Gasteiger partial charge in [-0.15, -0.1) is 5.10 Å². The fourth-order valence-corrected chi connectivity index (χ4v) is 2.28. The largest absolute Gasteiger partial charge is 0.495 e. The van der Waals surface area contributed by atoms with Crippen LogP contribution >= 0.6 is 11.6 Å². The topological polar surface area (TPSA) is 81.9 Å². The van der Waals surface area contributed by atoms with Crippen LogP contribution in [0.25, 0.3) is 5.69 Å². The van der Waals surface area contributed by atoms with Gasteiger partial charge in [-0.05, 0) is 40.8 Å². The van der Waals surface area contributed by atoms with Gasteiger partial charge >= 0.3 is 0 Å². The summed E-state index contributed by atoms with van der Waals surface area (Å²) in [5.41, 5.74) is 1.47. The third kappa shape index (κ3) is 3.14. The predicted octanol–water partition coefficient (Wildman–Crippen LogP) is 2.58. The average molecular weight is 330 g/mol. The maximum atomic E-state index is 12.6. The number of para-hydroxylation sites is 1. The Kier molecular flexibility index (Phi) is 4.20. The van der Waals surface area contributed by atoms with Gasteiger partial charge < -0.3 is 10.1 Å². The fraction of sp³-hybridized carbons (Fsp3) is 0.0667. The number of carbonyl (C=O) groups excluding carboxylic acids is 1. The molecule has 0 saturated carbocycles. The van der Waals surface area contributed by atoms with Crippen molar-refractivity contribution in [3.63, 3.8) is 0 Å². The van der Waals surface area contributed by atoms with E-state index in [2.05, 4.69) is 20.8 Å². The van der Waals surface area contributed by atoms with Crippen molar-refractivity contribution < 1.29 is 9.53 Å². The van der Waals surface area contributed by atoms with Crippen LogP contribution in [0.4, 0.5) is 5.69 Å². The molecule has 1 aromatic heterocycles. The van der Waals surface area contributed by atoms with Crippen molar-refractivity contribution in [1.29, 1.82) is 0 Å². The maximum Gasteiger partial charge on any atom is 0.257 e. The van der Waals surface area contributed by atoms with E-state index in [1.165, 1.54) is 18.1 Å². The molecule has 0 unspecified atom stereocenters. The number of ether oxygens (including phenoxy) is 1. The number of hydrogen-bond acceptors (Lipinski definition) is 5. The number of hydrogen-bond donors (Lipinski definition) is 1. The van der Waals surface area contributed by atoms with E-state index >= 15 is 0 Å². The normalized spacial score (nSPS) is 10.3. The van der Waals surface area contributed by atoms with E-state index < -0.39 is 0 Å². The zero-order chi connectivity index (χ0) is 16.2. The van der Waals surface area contributed by atoms with Crippen LogP contribution in [0.2, 0.25) is 5.02 Å². The van der Waals surface area contributed by atoms with Crippen molar-refractivity contribution in [2.45, 2.75) is 0 Å². The van der Waals surface area contributed by atoms with Crippen LogP contribution in [0, 0.1) is 0 Å². The molecule has 3 rings (SSSR count). The summed E-state index contributed by atoms with van der Waals surface area (Å²) in [6, 6.07) is 12.0. The number of nitrogens with one attached hydrogen (secondary N) is 1. The summed E-state index contributed by atoms with van der Waals surface area (Å²) >= 11 is 5.98. The lowest BCUT2D eigenvalue weighted by molar-refractivity contribution is 0.102. The number of rotatable bonds is 4. The summed E-state index contributed by atoms with van der Waals surface area (Å²) in [6.45, 7) is 0. The second-order valence-electron chi connectivity index (χ2n) is 4.57. The molecule has 0 radical (unpaired) electrons. The van der Waals surface area contributed by atoms with Gasteiger partial charge in [-0.3, -0.25) is 4.79 Å². The van der Waals surface area contributed by atoms with Crippen LogP contribution in [0.1, 0.15) is 10.4 Å². The Morgan fingerprint density at radius 3 is 2.83 bits per heavy atom. The number of anilines is 1. The average Bonchev–Trinajstić information content (AvgIpc) is 3.09. The second kappa shape index (κ2) is 6.45. The van der Waals surface area contributed by atoms with Gasteiger partial charge in [0, 0.05) is 5.02 Å². The molecule has 0 aliphatic heterocycles. The summed E-state index contributed by atoms with van der Waals surface area (Å²) in [5, 5.41) is 14.3. The lowest BCUT2D eigenvalue weighted by Gasteiger charge is -2.12. The van der Waals surface area contributed by atoms with Crippen LogP contribution in [0.3, 0.4) is 0 Å². The fourth-order valence-electron chi connectivity index (χ4n) is 2.10. The minimum Gasteiger partial charge on any atom is -0.495 e. The van der Waals surface area contributed by atoms with Crippen molar-refractivity contribution in [3.05, 3.63) is 59.4 Å². The molecule has 116 valence electrons. The van der Waals surface area contributed by atoms with Gasteiger partial charge in [0.15, 0.2) is 0 Å². The maximum absolute atomic E-state index is 12.6. The molecule has 0 atom stereocenters. The van der Waals surface area contributed by atoms with Crippen LogP contribution < -0.4 is 10.1 Å². The van der Waals surface area contributed by atoms with Gasteiger partial charge in [0.1, 0.15) is 12.1 Å². The van der Waals surface area contributed by atoms with Crippen LogP contribution in [-0.4, -0.2) is 33.2 Å². The number of halogens is 1. The highest BCUT2D eigenvalue weighted by molar-refractivity contribution is 6.31. The van der Waals surface area contributed by atoms with Gasteiger partial charge in [-0.2, -0.15) is 4.68 Å². The predicted molar refractivity (Wildman–Crippen MR) is 85.1 cm³/mol. The van der Waals surface area contributed by atoms with E-state index in [1.54, 1.807) is 42.5 Å². The highest BCUT2D eigenvalue weighted by atomic mass is 35.5. The third-order valence-corrected chi connectivity index (χ3v) is 3.39. The van der Waals surface area contributed by atoms with E-state index in [1.807, 2.05) is 0 Å². The van der Waals surface area contributed by atoms with Crippen molar-refractivity contribution in [1.82, 2.24) is 20.2 Å². The molecule has 7 nitrogen and oxygen atoms in total. The number of benzene rings is 2. The van der Waals surface area contributed by atoms with Gasteiger partial charge in [0.25, 0.3) is 5.91 Å². The highest BCUT2D eigenvalue weighted by Gasteiger charge is 2.15. The van der Waals surface area contributed by atoms with Gasteiger partial charge in [0.2, 0.25) is 0 Å². The quantitative estimate of drug-likeness (QED) is 0.795. The monoisotopic (exact) mass is 329 g/mol. The molecule has 23 heavy (non-hydrogen) atoms. The molecule has 0 aliphatic rings. The Labute approximate surface area is 136 Å². The van der Waals surface area contributed by atoms with Gasteiger partial charge in [0.05, 0.1) is 24.0 Å². The number of aromatic nitrogens is 4. The second-order valence-corrected chi connectivity index (χ2v) is 5.01. The Hall–Kier alpha value is -2.93. The lowest BCUT2D eigenvalue weighted by atomic mass is 10.1. The lowest BCUT2D eigenvalue weighted by Crippen LogP contribution is -2.15. The first-order valence-electron chi connectivity index (χ1n) is 6.66. The first-order valence-corrected chi connectivity index (χ1v) is 7.04. The van der Waals surface area contributed by atoms with Crippen LogP contribution in [0.15, 0.2) is 48.8 Å². The molecule has 1 heterocycles. The molecule has 2 aromatic carbocycles. The summed E-state index contributed by atoms with van der Waals surface area (Å²) in [7, 11) is 1.52. The number of carbonyl (C=O) groups is 1. The minimum atomic E-state index is -0.323. The SMILES string of the molecule is COc1ccc(Cl)cc1NC(=O)c1ccccc1-n1cnnn1. The van der Waals surface area contributed by atoms with E-state index in [-0.39, 0.29) is 5.91 Å². The first kappa shape index (κ1) is 15.0. The van der Waals surface area contributed by atoms with Gasteiger partial charge in [-0.25, -0.2) is 0 Å². The Bertz CT molecular complexity index is 836. The molecule has 1 N–H and O–H groups in total. The van der Waals surface area contributed by atoms with E-state index in [9.17, 15) is 4.79 Å². The molecule has 0 fully saturated rings. The highest BCUT2D eigenvalue weighted by Crippen LogP contribution is 2.28. The van der Waals surface area contributed by atoms with Crippen molar-refractivity contribution >= 4 is 23.2 Å². The zero-order valence-corrected chi connectivity index (χ0v) is 12.9. The van der Waals surface area contributed by atoms with Crippen LogP contribution in [0.5, 0.6) is 5.75 Å². The molecule has 0 saturated heterocycles. The third-order valence-electron chi connectivity index (χ3n) is 3.15. The molecule has 1 amide bonds. The molecule has 8 heteroatoms. The summed E-state index contributed by atoms with van der Waals surface area (Å²) in [4.78, 5) is 12.6. The van der Waals surface area contributed by atoms with Gasteiger partial charge in [-0.1, -0.05) is 23.7 Å². The number of amides is 1. The molecule has 0 bridgehead atoms. The summed E-state index contributed by atoms with van der Waals surface area (Å²) in [5.74, 6) is 0.194. The molecular formula is C15H12ClN5O2. The Morgan fingerprint density at radius 2 is 2.09 bits per heavy atom. The van der Waals surface area contributed by atoms with Crippen molar-refractivity contribution in [2.75, 3.05) is 12.4 Å². The molecule has 0 spiro atoms. The van der Waals surface area contributed by atoms with Crippen molar-refractivity contribution in [3.8, 4) is 11.4 Å². The summed E-state index contributed by atoms with van der Waals surface area (Å²) < 4.78 is 6.65. The molecular weight excluding hydrogens is 318 g/mol. The molecule has 3 aromatic rings. The molecule has 0 aliphatic carbocycles. The van der Waals surface area contributed by atoms with E-state index in [4.69, 9.17) is 16.3 Å². The Morgan fingerprint density at radius 1 is 1.26 bits per heavy atom. The standard InChI is InChI=1S/C15H12ClN5O2/c1-23-14-7-6-10(16)8-12(14)18-15(22)11-4-2-3-5-13(11)21-9-17-19-20-21/h2-9H,1H3,(H,18,22). The first-order chi connectivity index (χ1) is 11.2. The smallest absolute Gasteiger partial charge is 0.257 e. The van der Waals surface area contributed by atoms with Crippen molar-refractivity contribution in [2.24, 2.45) is 0 Å². The minimum absolute atomic E-state index is 0.323. The van der Waals surface area contributed by atoms with E-state index in [0.717, 1.165) is 0 Å². The zero-order valence-electron chi connectivity index (χ0n) is 12.1. The number of nitrogens with zero attached hydrogens (tertiary/aromatic N) is 4. The van der Waals surface area contributed by atoms with E-state index in [0.29, 0.717) is 27.7 Å². The number of tetrazole rings is 1.